The molecular formula is C17H22N2O2. The second kappa shape index (κ2) is 6.57. The number of rotatable bonds is 6. The van der Waals surface area contributed by atoms with E-state index in [1.165, 1.54) is 0 Å². The summed E-state index contributed by atoms with van der Waals surface area (Å²) in [5.74, 6) is -1.35. The van der Waals surface area contributed by atoms with E-state index < -0.39 is 11.9 Å². The minimum atomic E-state index is -0.803. The van der Waals surface area contributed by atoms with Crippen molar-refractivity contribution in [2.45, 2.75) is 45.6 Å². The lowest BCUT2D eigenvalue weighted by Crippen LogP contribution is -2.16. The highest BCUT2D eigenvalue weighted by atomic mass is 16.4. The molecule has 2 atom stereocenters. The Morgan fingerprint density at radius 1 is 1.33 bits per heavy atom. The molecule has 0 saturated carbocycles. The molecule has 0 aliphatic rings. The molecular weight excluding hydrogens is 264 g/mol. The lowest BCUT2D eigenvalue weighted by atomic mass is 9.91. The zero-order valence-electron chi connectivity index (χ0n) is 12.8. The molecule has 0 spiro atoms. The number of carboxylic acid groups (broad SMARTS) is 1. The monoisotopic (exact) mass is 286 g/mol. The molecule has 0 aliphatic heterocycles. The summed E-state index contributed by atoms with van der Waals surface area (Å²) in [6, 6.07) is 9.90. The van der Waals surface area contributed by atoms with Gasteiger partial charge in [-0.15, -0.1) is 0 Å². The van der Waals surface area contributed by atoms with E-state index in [-0.39, 0.29) is 0 Å². The van der Waals surface area contributed by atoms with Crippen LogP contribution in [-0.2, 0) is 11.2 Å². The van der Waals surface area contributed by atoms with Crippen LogP contribution in [-0.4, -0.2) is 20.9 Å². The highest BCUT2D eigenvalue weighted by Gasteiger charge is 2.23. The van der Waals surface area contributed by atoms with Gasteiger partial charge >= 0.3 is 5.97 Å². The average Bonchev–Trinajstić information content (AvgIpc) is 2.93. The van der Waals surface area contributed by atoms with Crippen LogP contribution in [0.3, 0.4) is 0 Å². The summed E-state index contributed by atoms with van der Waals surface area (Å²) < 4.78 is 1.91. The Morgan fingerprint density at radius 2 is 2.05 bits per heavy atom. The molecule has 1 N–H and O–H groups in total. The van der Waals surface area contributed by atoms with E-state index in [0.29, 0.717) is 12.5 Å². The van der Waals surface area contributed by atoms with Crippen molar-refractivity contribution in [1.82, 2.24) is 9.78 Å². The maximum Gasteiger partial charge on any atom is 0.311 e. The van der Waals surface area contributed by atoms with Crippen molar-refractivity contribution >= 4 is 5.97 Å². The van der Waals surface area contributed by atoms with Gasteiger partial charge in [0.25, 0.3) is 0 Å². The van der Waals surface area contributed by atoms with Crippen molar-refractivity contribution in [1.29, 1.82) is 0 Å². The number of aliphatic carboxylic acids is 1. The predicted molar refractivity (Wildman–Crippen MR) is 82.5 cm³/mol. The van der Waals surface area contributed by atoms with Crippen LogP contribution in [0.4, 0.5) is 0 Å². The molecule has 0 fully saturated rings. The summed E-state index contributed by atoms with van der Waals surface area (Å²) in [5.41, 5.74) is 2.69. The Kier molecular flexibility index (Phi) is 4.78. The highest BCUT2D eigenvalue weighted by Crippen LogP contribution is 2.24. The van der Waals surface area contributed by atoms with Crippen molar-refractivity contribution in [2.24, 2.45) is 0 Å². The lowest BCUT2D eigenvalue weighted by molar-refractivity contribution is -0.138. The molecule has 0 bridgehead atoms. The fourth-order valence-corrected chi connectivity index (χ4v) is 2.44. The summed E-state index contributed by atoms with van der Waals surface area (Å²) in [7, 11) is 0. The van der Waals surface area contributed by atoms with E-state index in [9.17, 15) is 9.90 Å². The van der Waals surface area contributed by atoms with Gasteiger partial charge in [0.2, 0.25) is 0 Å². The molecule has 1 aromatic heterocycles. The first-order chi connectivity index (χ1) is 10.0. The zero-order valence-corrected chi connectivity index (χ0v) is 12.8. The van der Waals surface area contributed by atoms with Gasteiger partial charge in [-0.3, -0.25) is 9.48 Å². The largest absolute Gasteiger partial charge is 0.481 e. The van der Waals surface area contributed by atoms with Crippen LogP contribution in [0.1, 0.15) is 49.0 Å². The number of nitrogens with zero attached hydrogens (tertiary/aromatic N) is 2. The maximum atomic E-state index is 11.6. The van der Waals surface area contributed by atoms with Gasteiger partial charge < -0.3 is 5.11 Å². The second-order valence-corrected chi connectivity index (χ2v) is 5.50. The standard InChI is InChI=1S/C17H22N2O2/c1-4-13(3)19-10-9-14(18-19)11-16(17(20)21)15-8-6-5-7-12(15)2/h5-10,13,16H,4,11H2,1-3H3,(H,20,21). The third-order valence-corrected chi connectivity index (χ3v) is 3.98. The Hall–Kier alpha value is -2.10. The minimum Gasteiger partial charge on any atom is -0.481 e. The maximum absolute atomic E-state index is 11.6. The Morgan fingerprint density at radius 3 is 2.67 bits per heavy atom. The summed E-state index contributed by atoms with van der Waals surface area (Å²) in [6.07, 6.45) is 3.35. The lowest BCUT2D eigenvalue weighted by Gasteiger charge is -2.14. The topological polar surface area (TPSA) is 55.1 Å². The van der Waals surface area contributed by atoms with Gasteiger partial charge in [0, 0.05) is 18.7 Å². The van der Waals surface area contributed by atoms with Crippen molar-refractivity contribution in [3.8, 4) is 0 Å². The summed E-state index contributed by atoms with van der Waals surface area (Å²) in [6.45, 7) is 6.16. The first-order valence-corrected chi connectivity index (χ1v) is 7.35. The molecule has 2 rings (SSSR count). The van der Waals surface area contributed by atoms with Gasteiger partial charge in [0.15, 0.2) is 0 Å². The molecule has 2 aromatic rings. The van der Waals surface area contributed by atoms with Crippen LogP contribution in [0.5, 0.6) is 0 Å². The van der Waals surface area contributed by atoms with E-state index >= 15 is 0 Å². The molecule has 112 valence electrons. The van der Waals surface area contributed by atoms with Crippen molar-refractivity contribution in [3.63, 3.8) is 0 Å². The van der Waals surface area contributed by atoms with Crippen molar-refractivity contribution < 1.29 is 9.90 Å². The number of carbonyl (C=O) groups is 1. The van der Waals surface area contributed by atoms with Crippen molar-refractivity contribution in [3.05, 3.63) is 53.3 Å². The molecule has 1 aromatic carbocycles. The normalized spacial score (nSPS) is 13.9. The first-order valence-electron chi connectivity index (χ1n) is 7.35. The SMILES string of the molecule is CCC(C)n1ccc(CC(C(=O)O)c2ccccc2C)n1. The fraction of sp³-hybridized carbons (Fsp3) is 0.412. The minimum absolute atomic E-state index is 0.334. The number of carboxylic acids is 1. The molecule has 0 saturated heterocycles. The molecule has 4 nitrogen and oxygen atoms in total. The fourth-order valence-electron chi connectivity index (χ4n) is 2.44. The van der Waals surface area contributed by atoms with Gasteiger partial charge in [-0.25, -0.2) is 0 Å². The number of aryl methyl sites for hydroxylation is 1. The number of hydrogen-bond acceptors (Lipinski definition) is 2. The smallest absolute Gasteiger partial charge is 0.311 e. The molecule has 0 amide bonds. The number of hydrogen-bond donors (Lipinski definition) is 1. The third kappa shape index (κ3) is 3.51. The molecule has 0 aliphatic carbocycles. The molecule has 21 heavy (non-hydrogen) atoms. The Balaban J connectivity index is 2.23. The van der Waals surface area contributed by atoms with Gasteiger partial charge in [0.1, 0.15) is 0 Å². The van der Waals surface area contributed by atoms with Gasteiger partial charge in [-0.05, 0) is 37.5 Å². The van der Waals surface area contributed by atoms with Crippen LogP contribution in [0, 0.1) is 6.92 Å². The quantitative estimate of drug-likeness (QED) is 0.883. The Bertz CT molecular complexity index is 619. The average molecular weight is 286 g/mol. The molecule has 2 unspecified atom stereocenters. The highest BCUT2D eigenvalue weighted by molar-refractivity contribution is 5.77. The molecule has 0 radical (unpaired) electrons. The van der Waals surface area contributed by atoms with Gasteiger partial charge in [-0.1, -0.05) is 31.2 Å². The van der Waals surface area contributed by atoms with E-state index in [1.807, 2.05) is 48.1 Å². The van der Waals surface area contributed by atoms with E-state index in [4.69, 9.17) is 0 Å². The van der Waals surface area contributed by atoms with Crippen LogP contribution >= 0.6 is 0 Å². The van der Waals surface area contributed by atoms with Crippen LogP contribution in [0.25, 0.3) is 0 Å². The van der Waals surface area contributed by atoms with Crippen LogP contribution in [0.15, 0.2) is 36.5 Å². The predicted octanol–water partition coefficient (Wildman–Crippen LogP) is 3.57. The third-order valence-electron chi connectivity index (χ3n) is 3.98. The van der Waals surface area contributed by atoms with E-state index in [2.05, 4.69) is 18.9 Å². The molecule has 4 heteroatoms. The molecule has 1 heterocycles. The zero-order chi connectivity index (χ0) is 15.4. The van der Waals surface area contributed by atoms with Crippen molar-refractivity contribution in [2.75, 3.05) is 0 Å². The Labute approximate surface area is 125 Å². The van der Waals surface area contributed by atoms with Crippen LogP contribution < -0.4 is 0 Å². The van der Waals surface area contributed by atoms with Gasteiger partial charge in [0.05, 0.1) is 11.6 Å². The number of aromatic nitrogens is 2. The summed E-state index contributed by atoms with van der Waals surface area (Å²) in [4.78, 5) is 11.6. The summed E-state index contributed by atoms with van der Waals surface area (Å²) >= 11 is 0. The summed E-state index contributed by atoms with van der Waals surface area (Å²) in [5, 5.41) is 14.1. The number of benzene rings is 1. The van der Waals surface area contributed by atoms with E-state index in [1.54, 1.807) is 0 Å². The van der Waals surface area contributed by atoms with Gasteiger partial charge in [-0.2, -0.15) is 5.10 Å². The van der Waals surface area contributed by atoms with Crippen LogP contribution in [0.2, 0.25) is 0 Å². The first kappa shape index (κ1) is 15.3. The second-order valence-electron chi connectivity index (χ2n) is 5.50. The van der Waals surface area contributed by atoms with E-state index in [0.717, 1.165) is 23.2 Å².